The average molecular weight is 236 g/mol. The van der Waals surface area contributed by atoms with Crippen molar-refractivity contribution in [2.24, 2.45) is 5.92 Å². The number of anilines is 2. The van der Waals surface area contributed by atoms with Crippen LogP contribution < -0.4 is 10.2 Å². The Kier molecular flexibility index (Phi) is 4.09. The summed E-state index contributed by atoms with van der Waals surface area (Å²) in [6.45, 7) is 1.36. The molecule has 5 heteroatoms. The van der Waals surface area contributed by atoms with Crippen LogP contribution in [0.3, 0.4) is 0 Å². The summed E-state index contributed by atoms with van der Waals surface area (Å²) < 4.78 is 0. The van der Waals surface area contributed by atoms with Gasteiger partial charge in [-0.1, -0.05) is 12.1 Å². The second kappa shape index (κ2) is 5.34. The quantitative estimate of drug-likeness (QED) is 0.775. The van der Waals surface area contributed by atoms with Gasteiger partial charge in [0.25, 0.3) is 0 Å². The highest BCUT2D eigenvalue weighted by Crippen LogP contribution is 2.23. The number of carboxylic acid groups (broad SMARTS) is 1. The molecule has 1 aromatic carbocycles. The predicted octanol–water partition coefficient (Wildman–Crippen LogP) is 1.41. The van der Waals surface area contributed by atoms with Crippen LogP contribution in [0.25, 0.3) is 0 Å². The maximum atomic E-state index is 11.6. The van der Waals surface area contributed by atoms with Crippen molar-refractivity contribution < 1.29 is 14.7 Å². The zero-order valence-corrected chi connectivity index (χ0v) is 10.1. The molecule has 1 aromatic rings. The lowest BCUT2D eigenvalue weighted by molar-refractivity contribution is -0.144. The molecule has 0 aliphatic heterocycles. The lowest BCUT2D eigenvalue weighted by Gasteiger charge is -2.18. The first-order chi connectivity index (χ1) is 7.93. The van der Waals surface area contributed by atoms with Gasteiger partial charge in [0.2, 0.25) is 5.91 Å². The average Bonchev–Trinajstić information content (AvgIpc) is 2.28. The van der Waals surface area contributed by atoms with Crippen molar-refractivity contribution >= 4 is 23.3 Å². The summed E-state index contributed by atoms with van der Waals surface area (Å²) in [6, 6.07) is 7.22. The summed E-state index contributed by atoms with van der Waals surface area (Å²) in [7, 11) is 3.71. The molecule has 1 unspecified atom stereocenters. The van der Waals surface area contributed by atoms with Crippen LogP contribution in [0.15, 0.2) is 24.3 Å². The molecule has 0 heterocycles. The molecule has 0 aliphatic carbocycles. The van der Waals surface area contributed by atoms with Crippen molar-refractivity contribution in [2.45, 2.75) is 6.92 Å². The normalized spacial score (nSPS) is 11.7. The summed E-state index contributed by atoms with van der Waals surface area (Å²) in [4.78, 5) is 24.1. The highest BCUT2D eigenvalue weighted by Gasteiger charge is 2.21. The van der Waals surface area contributed by atoms with Crippen LogP contribution in [-0.4, -0.2) is 31.1 Å². The van der Waals surface area contributed by atoms with Gasteiger partial charge in [0.05, 0.1) is 11.4 Å². The number of hydrogen-bond donors (Lipinski definition) is 2. The van der Waals surface area contributed by atoms with Gasteiger partial charge in [0, 0.05) is 14.1 Å². The van der Waals surface area contributed by atoms with Gasteiger partial charge in [-0.15, -0.1) is 0 Å². The molecule has 1 atom stereocenters. The van der Waals surface area contributed by atoms with Crippen LogP contribution in [-0.2, 0) is 9.59 Å². The third-order valence-corrected chi connectivity index (χ3v) is 2.41. The van der Waals surface area contributed by atoms with E-state index in [1.54, 1.807) is 12.1 Å². The summed E-state index contributed by atoms with van der Waals surface area (Å²) >= 11 is 0. The lowest BCUT2D eigenvalue weighted by atomic mass is 10.1. The van der Waals surface area contributed by atoms with Crippen LogP contribution in [0.5, 0.6) is 0 Å². The maximum absolute atomic E-state index is 11.6. The molecule has 0 radical (unpaired) electrons. The first-order valence-electron chi connectivity index (χ1n) is 5.23. The summed E-state index contributed by atoms with van der Waals surface area (Å²) in [5.41, 5.74) is 1.44. The minimum absolute atomic E-state index is 0.521. The van der Waals surface area contributed by atoms with E-state index in [4.69, 9.17) is 5.11 Å². The van der Waals surface area contributed by atoms with Crippen molar-refractivity contribution in [3.63, 3.8) is 0 Å². The Hall–Kier alpha value is -2.04. The Morgan fingerprint density at radius 3 is 2.41 bits per heavy atom. The molecule has 1 amide bonds. The van der Waals surface area contributed by atoms with Gasteiger partial charge in [0.1, 0.15) is 5.92 Å². The van der Waals surface area contributed by atoms with E-state index < -0.39 is 17.8 Å². The van der Waals surface area contributed by atoms with Crippen molar-refractivity contribution in [3.05, 3.63) is 24.3 Å². The zero-order valence-electron chi connectivity index (χ0n) is 10.1. The number of hydrogen-bond acceptors (Lipinski definition) is 3. The molecule has 0 aromatic heterocycles. The van der Waals surface area contributed by atoms with E-state index in [9.17, 15) is 9.59 Å². The summed E-state index contributed by atoms with van der Waals surface area (Å²) in [5.74, 6) is -2.72. The van der Waals surface area contributed by atoms with Crippen molar-refractivity contribution in [1.82, 2.24) is 0 Å². The molecule has 1 rings (SSSR count). The number of rotatable bonds is 4. The standard InChI is InChI=1S/C12H16N2O3/c1-8(12(16)17)11(15)13-9-6-4-5-7-10(9)14(2)3/h4-8H,1-3H3,(H,13,15)(H,16,17). The van der Waals surface area contributed by atoms with Crippen LogP contribution in [0, 0.1) is 5.92 Å². The third kappa shape index (κ3) is 3.21. The first kappa shape index (κ1) is 13.0. The van der Waals surface area contributed by atoms with Crippen LogP contribution in [0.1, 0.15) is 6.92 Å². The van der Waals surface area contributed by atoms with Gasteiger partial charge in [-0.05, 0) is 19.1 Å². The first-order valence-corrected chi connectivity index (χ1v) is 5.23. The Bertz CT molecular complexity index is 430. The minimum Gasteiger partial charge on any atom is -0.481 e. The molecular weight excluding hydrogens is 220 g/mol. The van der Waals surface area contributed by atoms with Gasteiger partial charge in [-0.25, -0.2) is 0 Å². The Balaban J connectivity index is 2.88. The smallest absolute Gasteiger partial charge is 0.315 e. The highest BCUT2D eigenvalue weighted by atomic mass is 16.4. The third-order valence-electron chi connectivity index (χ3n) is 2.41. The van der Waals surface area contributed by atoms with E-state index in [1.165, 1.54) is 6.92 Å². The van der Waals surface area contributed by atoms with E-state index >= 15 is 0 Å². The molecule has 17 heavy (non-hydrogen) atoms. The number of nitrogens with one attached hydrogen (secondary N) is 1. The predicted molar refractivity (Wildman–Crippen MR) is 66.2 cm³/mol. The van der Waals surface area contributed by atoms with E-state index in [-0.39, 0.29) is 0 Å². The topological polar surface area (TPSA) is 69.6 Å². The van der Waals surface area contributed by atoms with E-state index in [1.807, 2.05) is 31.1 Å². The summed E-state index contributed by atoms with van der Waals surface area (Å²) in [5, 5.41) is 11.3. The molecule has 2 N–H and O–H groups in total. The number of amides is 1. The van der Waals surface area contributed by atoms with Gasteiger partial charge < -0.3 is 15.3 Å². The second-order valence-electron chi connectivity index (χ2n) is 3.96. The minimum atomic E-state index is -1.13. The SMILES string of the molecule is CC(C(=O)O)C(=O)Nc1ccccc1N(C)C. The highest BCUT2D eigenvalue weighted by molar-refractivity contribution is 6.05. The molecule has 0 saturated heterocycles. The number of aliphatic carboxylic acids is 1. The van der Waals surface area contributed by atoms with Crippen molar-refractivity contribution in [2.75, 3.05) is 24.3 Å². The molecule has 0 spiro atoms. The Labute approximate surface area is 100 Å². The molecule has 0 aliphatic rings. The number of carboxylic acids is 1. The summed E-state index contributed by atoms with van der Waals surface area (Å²) in [6.07, 6.45) is 0. The van der Waals surface area contributed by atoms with Gasteiger partial charge in [-0.2, -0.15) is 0 Å². The molecular formula is C12H16N2O3. The van der Waals surface area contributed by atoms with E-state index in [0.29, 0.717) is 5.69 Å². The second-order valence-corrected chi connectivity index (χ2v) is 3.96. The van der Waals surface area contributed by atoms with Crippen molar-refractivity contribution in [3.8, 4) is 0 Å². The van der Waals surface area contributed by atoms with Gasteiger partial charge in [0.15, 0.2) is 0 Å². The fourth-order valence-electron chi connectivity index (χ4n) is 1.32. The Morgan fingerprint density at radius 2 is 1.88 bits per heavy atom. The van der Waals surface area contributed by atoms with Crippen molar-refractivity contribution in [1.29, 1.82) is 0 Å². The number of para-hydroxylation sites is 2. The van der Waals surface area contributed by atoms with Crippen LogP contribution in [0.2, 0.25) is 0 Å². The van der Waals surface area contributed by atoms with E-state index in [0.717, 1.165) is 5.69 Å². The van der Waals surface area contributed by atoms with Gasteiger partial charge >= 0.3 is 5.97 Å². The fraction of sp³-hybridized carbons (Fsp3) is 0.333. The monoisotopic (exact) mass is 236 g/mol. The lowest BCUT2D eigenvalue weighted by Crippen LogP contribution is -2.27. The largest absolute Gasteiger partial charge is 0.481 e. The van der Waals surface area contributed by atoms with Crippen LogP contribution >= 0.6 is 0 Å². The number of carbonyl (C=O) groups excluding carboxylic acids is 1. The van der Waals surface area contributed by atoms with Gasteiger partial charge in [-0.3, -0.25) is 9.59 Å². The number of benzene rings is 1. The molecule has 92 valence electrons. The Morgan fingerprint density at radius 1 is 1.29 bits per heavy atom. The molecule has 0 saturated carbocycles. The number of nitrogens with zero attached hydrogens (tertiary/aromatic N) is 1. The van der Waals surface area contributed by atoms with Crippen LogP contribution in [0.4, 0.5) is 11.4 Å². The maximum Gasteiger partial charge on any atom is 0.315 e. The molecule has 0 fully saturated rings. The molecule has 0 bridgehead atoms. The number of carbonyl (C=O) groups is 2. The van der Waals surface area contributed by atoms with E-state index in [2.05, 4.69) is 5.32 Å². The molecule has 5 nitrogen and oxygen atoms in total. The fourth-order valence-corrected chi connectivity index (χ4v) is 1.32. The zero-order chi connectivity index (χ0) is 13.0.